The molecule has 0 amide bonds. The number of fused-ring (bicyclic) bond motifs is 1. The summed E-state index contributed by atoms with van der Waals surface area (Å²) in [6.07, 6.45) is 2.48. The van der Waals surface area contributed by atoms with E-state index in [9.17, 15) is 0 Å². The van der Waals surface area contributed by atoms with E-state index in [0.717, 1.165) is 0 Å². The second-order valence-electron chi connectivity index (χ2n) is 4.12. The van der Waals surface area contributed by atoms with Crippen LogP contribution in [-0.2, 0) is 6.42 Å². The van der Waals surface area contributed by atoms with Crippen molar-refractivity contribution in [2.45, 2.75) is 18.8 Å². The van der Waals surface area contributed by atoms with Crippen LogP contribution in [-0.4, -0.2) is 0 Å². The van der Waals surface area contributed by atoms with Gasteiger partial charge in [0.2, 0.25) is 0 Å². The second kappa shape index (κ2) is 3.54. The first-order chi connectivity index (χ1) is 7.45. The molecule has 3 rings (SSSR count). The molecule has 0 heterocycles. The van der Waals surface area contributed by atoms with Gasteiger partial charge in [0.1, 0.15) is 0 Å². The minimum absolute atomic E-state index is 0.607. The zero-order valence-electron chi connectivity index (χ0n) is 8.61. The van der Waals surface area contributed by atoms with Crippen LogP contribution in [0.4, 0.5) is 0 Å². The molecule has 73 valence electrons. The summed E-state index contributed by atoms with van der Waals surface area (Å²) >= 11 is 0. The van der Waals surface area contributed by atoms with Crippen molar-refractivity contribution in [2.24, 2.45) is 0 Å². The third-order valence-corrected chi connectivity index (χ3v) is 3.28. The van der Waals surface area contributed by atoms with Crippen LogP contribution in [0.3, 0.4) is 0 Å². The highest BCUT2D eigenvalue weighted by Gasteiger charge is 2.22. The van der Waals surface area contributed by atoms with Crippen molar-refractivity contribution < 1.29 is 0 Å². The molecule has 15 heavy (non-hydrogen) atoms. The molecule has 1 radical (unpaired) electrons. The average Bonchev–Trinajstić information content (AvgIpc) is 2.74. The summed E-state index contributed by atoms with van der Waals surface area (Å²) in [5.41, 5.74) is 4.47. The lowest BCUT2D eigenvalue weighted by Gasteiger charge is -2.11. The van der Waals surface area contributed by atoms with Crippen LogP contribution < -0.4 is 0 Å². The summed E-state index contributed by atoms with van der Waals surface area (Å²) in [5, 5.41) is 0. The Morgan fingerprint density at radius 3 is 2.67 bits per heavy atom. The zero-order valence-corrected chi connectivity index (χ0v) is 8.61. The predicted molar refractivity (Wildman–Crippen MR) is 61.9 cm³/mol. The van der Waals surface area contributed by atoms with E-state index in [2.05, 4.69) is 42.5 Å². The predicted octanol–water partition coefficient (Wildman–Crippen LogP) is 3.56. The van der Waals surface area contributed by atoms with Crippen LogP contribution in [0.15, 0.2) is 48.5 Å². The summed E-state index contributed by atoms with van der Waals surface area (Å²) in [6.45, 7) is 0. The highest BCUT2D eigenvalue weighted by molar-refractivity contribution is 5.41. The molecule has 0 spiro atoms. The Morgan fingerprint density at radius 1 is 1.00 bits per heavy atom. The molecule has 0 nitrogen and oxygen atoms in total. The highest BCUT2D eigenvalue weighted by Crippen LogP contribution is 2.37. The Labute approximate surface area is 90.6 Å². The Balaban J connectivity index is 2.05. The van der Waals surface area contributed by atoms with Crippen LogP contribution in [0.25, 0.3) is 0 Å². The van der Waals surface area contributed by atoms with Crippen LogP contribution in [0.2, 0.25) is 0 Å². The standard InChI is InChI=1S/C15H13/c1-2-6-12(7-3-1)15-11-10-13-8-4-5-9-14(13)15/h2-9,15H,10-11H2. The first kappa shape index (κ1) is 8.72. The van der Waals surface area contributed by atoms with E-state index in [1.807, 2.05) is 12.1 Å². The summed E-state index contributed by atoms with van der Waals surface area (Å²) in [6, 6.07) is 20.3. The fourth-order valence-electron chi connectivity index (χ4n) is 2.54. The number of aryl methyl sites for hydroxylation is 1. The van der Waals surface area contributed by atoms with Crippen LogP contribution in [0.5, 0.6) is 0 Å². The number of hydrogen-bond donors (Lipinski definition) is 0. The van der Waals surface area contributed by atoms with Crippen LogP contribution in [0.1, 0.15) is 29.0 Å². The van der Waals surface area contributed by atoms with Gasteiger partial charge in [-0.3, -0.25) is 0 Å². The van der Waals surface area contributed by atoms with E-state index in [1.54, 1.807) is 0 Å². The van der Waals surface area contributed by atoms with Crippen LogP contribution >= 0.6 is 0 Å². The van der Waals surface area contributed by atoms with E-state index < -0.39 is 0 Å². The Bertz CT molecular complexity index is 456. The van der Waals surface area contributed by atoms with E-state index in [1.165, 1.54) is 29.5 Å². The second-order valence-corrected chi connectivity index (χ2v) is 4.12. The van der Waals surface area contributed by atoms with Gasteiger partial charge in [0.15, 0.2) is 0 Å². The number of benzene rings is 2. The first-order valence-electron chi connectivity index (χ1n) is 5.49. The maximum Gasteiger partial charge on any atom is 0.00952 e. The minimum Gasteiger partial charge on any atom is -0.0620 e. The molecule has 0 fully saturated rings. The minimum atomic E-state index is 0.607. The molecule has 0 heteroatoms. The zero-order chi connectivity index (χ0) is 10.1. The van der Waals surface area contributed by atoms with Gasteiger partial charge in [0, 0.05) is 5.92 Å². The third kappa shape index (κ3) is 1.46. The maximum absolute atomic E-state index is 3.08. The van der Waals surface area contributed by atoms with Gasteiger partial charge in [-0.1, -0.05) is 48.5 Å². The monoisotopic (exact) mass is 193 g/mol. The van der Waals surface area contributed by atoms with Gasteiger partial charge < -0.3 is 0 Å². The van der Waals surface area contributed by atoms with Crippen molar-refractivity contribution >= 4 is 0 Å². The van der Waals surface area contributed by atoms with Gasteiger partial charge >= 0.3 is 0 Å². The summed E-state index contributed by atoms with van der Waals surface area (Å²) in [5.74, 6) is 0.607. The van der Waals surface area contributed by atoms with Gasteiger partial charge in [-0.05, 0) is 35.6 Å². The van der Waals surface area contributed by atoms with E-state index >= 15 is 0 Å². The van der Waals surface area contributed by atoms with Crippen LogP contribution in [0, 0.1) is 6.07 Å². The molecule has 0 aromatic heterocycles. The van der Waals surface area contributed by atoms with E-state index in [0.29, 0.717) is 5.92 Å². The lowest BCUT2D eigenvalue weighted by atomic mass is 9.93. The van der Waals surface area contributed by atoms with E-state index in [4.69, 9.17) is 0 Å². The van der Waals surface area contributed by atoms with Gasteiger partial charge in [0.05, 0.1) is 0 Å². The lowest BCUT2D eigenvalue weighted by Crippen LogP contribution is -1.94. The van der Waals surface area contributed by atoms with Gasteiger partial charge in [-0.2, -0.15) is 0 Å². The molecule has 1 unspecified atom stereocenters. The first-order valence-corrected chi connectivity index (χ1v) is 5.49. The molecule has 2 aromatic rings. The fraction of sp³-hybridized carbons (Fsp3) is 0.200. The number of hydrogen-bond acceptors (Lipinski definition) is 0. The molecule has 1 aliphatic rings. The average molecular weight is 193 g/mol. The Hall–Kier alpha value is -1.56. The third-order valence-electron chi connectivity index (χ3n) is 3.28. The molecule has 0 aliphatic heterocycles. The molecule has 0 N–H and O–H groups in total. The molecule has 0 saturated heterocycles. The molecule has 0 saturated carbocycles. The summed E-state index contributed by atoms with van der Waals surface area (Å²) in [7, 11) is 0. The molecule has 1 aliphatic carbocycles. The van der Waals surface area contributed by atoms with Gasteiger partial charge in [-0.25, -0.2) is 0 Å². The molecular weight excluding hydrogens is 180 g/mol. The van der Waals surface area contributed by atoms with Gasteiger partial charge in [0.25, 0.3) is 0 Å². The molecular formula is C15H13. The SMILES string of the molecule is [c]1ccc(C2CCc3ccccc32)cc1. The topological polar surface area (TPSA) is 0 Å². The molecule has 0 bridgehead atoms. The normalized spacial score (nSPS) is 18.8. The highest BCUT2D eigenvalue weighted by atomic mass is 14.3. The van der Waals surface area contributed by atoms with Crippen molar-refractivity contribution in [3.05, 3.63) is 71.3 Å². The summed E-state index contributed by atoms with van der Waals surface area (Å²) < 4.78 is 0. The lowest BCUT2D eigenvalue weighted by molar-refractivity contribution is 0.788. The molecule has 2 aromatic carbocycles. The maximum atomic E-state index is 3.08. The summed E-state index contributed by atoms with van der Waals surface area (Å²) in [4.78, 5) is 0. The van der Waals surface area contributed by atoms with E-state index in [-0.39, 0.29) is 0 Å². The number of rotatable bonds is 1. The van der Waals surface area contributed by atoms with Crippen molar-refractivity contribution in [2.75, 3.05) is 0 Å². The van der Waals surface area contributed by atoms with Crippen molar-refractivity contribution in [3.8, 4) is 0 Å². The quantitative estimate of drug-likeness (QED) is 0.649. The Morgan fingerprint density at radius 2 is 1.80 bits per heavy atom. The van der Waals surface area contributed by atoms with Crippen molar-refractivity contribution in [1.29, 1.82) is 0 Å². The smallest absolute Gasteiger partial charge is 0.00952 e. The van der Waals surface area contributed by atoms with Gasteiger partial charge in [-0.15, -0.1) is 0 Å². The molecule has 1 atom stereocenters. The van der Waals surface area contributed by atoms with Crippen molar-refractivity contribution in [1.82, 2.24) is 0 Å². The Kier molecular flexibility index (Phi) is 2.06. The fourth-order valence-corrected chi connectivity index (χ4v) is 2.54. The van der Waals surface area contributed by atoms with Crippen molar-refractivity contribution in [3.63, 3.8) is 0 Å². The largest absolute Gasteiger partial charge is 0.0620 e.